The molecule has 0 spiro atoms. The van der Waals surface area contributed by atoms with Crippen LogP contribution in [0.5, 0.6) is 0 Å². The van der Waals surface area contributed by atoms with Crippen molar-refractivity contribution in [2.24, 2.45) is 5.41 Å². The lowest BCUT2D eigenvalue weighted by Gasteiger charge is -2.41. The molecule has 2 heterocycles. The van der Waals surface area contributed by atoms with E-state index in [-0.39, 0.29) is 16.8 Å². The molecule has 2 N–H and O–H groups in total. The monoisotopic (exact) mass is 271 g/mol. The van der Waals surface area contributed by atoms with Crippen LogP contribution in [0.15, 0.2) is 0 Å². The second-order valence-corrected chi connectivity index (χ2v) is 5.53. The van der Waals surface area contributed by atoms with Crippen molar-refractivity contribution in [2.45, 2.75) is 26.4 Å². The first-order chi connectivity index (χ1) is 8.42. The van der Waals surface area contributed by atoms with Crippen LogP contribution in [0.1, 0.15) is 20.3 Å². The van der Waals surface area contributed by atoms with Crippen molar-refractivity contribution < 1.29 is 5.11 Å². The first-order valence-electron chi connectivity index (χ1n) is 5.95. The van der Waals surface area contributed by atoms with E-state index in [1.165, 1.54) is 0 Å². The van der Waals surface area contributed by atoms with Crippen LogP contribution >= 0.6 is 11.6 Å². The van der Waals surface area contributed by atoms with E-state index in [9.17, 15) is 5.11 Å². The number of aromatic nitrogens is 3. The Balaban J connectivity index is 2.24. The third kappa shape index (κ3) is 2.64. The van der Waals surface area contributed by atoms with E-state index in [1.54, 1.807) is 7.05 Å². The van der Waals surface area contributed by atoms with E-state index in [1.807, 2.05) is 18.7 Å². The van der Waals surface area contributed by atoms with Gasteiger partial charge >= 0.3 is 0 Å². The highest BCUT2D eigenvalue weighted by atomic mass is 35.5. The Hall–Kier alpha value is -1.14. The number of hydrogen-bond donors (Lipinski definition) is 2. The number of hydrogen-bond acceptors (Lipinski definition) is 6. The van der Waals surface area contributed by atoms with Gasteiger partial charge in [-0.05, 0) is 18.0 Å². The molecule has 1 aliphatic rings. The van der Waals surface area contributed by atoms with Gasteiger partial charge in [-0.15, -0.1) is 0 Å². The van der Waals surface area contributed by atoms with Gasteiger partial charge in [0.2, 0.25) is 17.2 Å². The SMILES string of the molecule is CNc1nc(Cl)nc(N2CCC(O)C(C)(C)C2)n1. The van der Waals surface area contributed by atoms with Gasteiger partial charge in [0.25, 0.3) is 0 Å². The smallest absolute Gasteiger partial charge is 0.231 e. The van der Waals surface area contributed by atoms with Gasteiger partial charge in [0.05, 0.1) is 6.10 Å². The van der Waals surface area contributed by atoms with Gasteiger partial charge in [0.1, 0.15) is 0 Å². The minimum Gasteiger partial charge on any atom is -0.392 e. The Morgan fingerprint density at radius 3 is 2.72 bits per heavy atom. The fourth-order valence-corrected chi connectivity index (χ4v) is 2.26. The second-order valence-electron chi connectivity index (χ2n) is 5.19. The van der Waals surface area contributed by atoms with Crippen LogP contribution in [0.4, 0.5) is 11.9 Å². The van der Waals surface area contributed by atoms with Crippen molar-refractivity contribution in [1.82, 2.24) is 15.0 Å². The molecule has 0 bridgehead atoms. The Bertz CT molecular complexity index is 439. The summed E-state index contributed by atoms with van der Waals surface area (Å²) >= 11 is 5.87. The van der Waals surface area contributed by atoms with Crippen molar-refractivity contribution in [3.05, 3.63) is 5.28 Å². The highest BCUT2D eigenvalue weighted by Gasteiger charge is 2.35. The topological polar surface area (TPSA) is 74.2 Å². The molecule has 1 atom stereocenters. The molecule has 6 nitrogen and oxygen atoms in total. The van der Waals surface area contributed by atoms with Gasteiger partial charge in [0.15, 0.2) is 0 Å². The predicted octanol–water partition coefficient (Wildman–Crippen LogP) is 1.16. The van der Waals surface area contributed by atoms with Crippen LogP contribution in [0.2, 0.25) is 5.28 Å². The summed E-state index contributed by atoms with van der Waals surface area (Å²) in [6.45, 7) is 5.48. The number of aliphatic hydroxyl groups excluding tert-OH is 1. The van der Waals surface area contributed by atoms with E-state index in [2.05, 4.69) is 20.3 Å². The highest BCUT2D eigenvalue weighted by molar-refractivity contribution is 6.28. The lowest BCUT2D eigenvalue weighted by Crippen LogP contribution is -2.49. The van der Waals surface area contributed by atoms with E-state index in [0.717, 1.165) is 0 Å². The van der Waals surface area contributed by atoms with Crippen molar-refractivity contribution in [1.29, 1.82) is 0 Å². The Labute approximate surface area is 111 Å². The average Bonchev–Trinajstić information content (AvgIpc) is 2.31. The Morgan fingerprint density at radius 1 is 1.39 bits per heavy atom. The van der Waals surface area contributed by atoms with Crippen molar-refractivity contribution in [3.63, 3.8) is 0 Å². The molecule has 1 unspecified atom stereocenters. The molecule has 1 aromatic heterocycles. The highest BCUT2D eigenvalue weighted by Crippen LogP contribution is 2.31. The van der Waals surface area contributed by atoms with Crippen molar-refractivity contribution >= 4 is 23.5 Å². The number of nitrogens with one attached hydrogen (secondary N) is 1. The zero-order valence-electron chi connectivity index (χ0n) is 10.8. The minimum atomic E-state index is -0.296. The Kier molecular flexibility index (Phi) is 3.59. The van der Waals surface area contributed by atoms with E-state index in [0.29, 0.717) is 31.4 Å². The first kappa shape index (κ1) is 13.3. The fourth-order valence-electron chi connectivity index (χ4n) is 2.11. The molecular formula is C11H18ClN5O. The molecule has 18 heavy (non-hydrogen) atoms. The summed E-state index contributed by atoms with van der Waals surface area (Å²) < 4.78 is 0. The summed E-state index contributed by atoms with van der Waals surface area (Å²) in [6, 6.07) is 0. The maximum absolute atomic E-state index is 9.94. The van der Waals surface area contributed by atoms with Gasteiger partial charge < -0.3 is 15.3 Å². The summed E-state index contributed by atoms with van der Waals surface area (Å²) in [4.78, 5) is 14.4. The number of piperidine rings is 1. The van der Waals surface area contributed by atoms with E-state index < -0.39 is 0 Å². The minimum absolute atomic E-state index is 0.174. The standard InChI is InChI=1S/C11H18ClN5O/c1-11(2)6-17(5-4-7(11)18)10-15-8(12)14-9(13-3)16-10/h7,18H,4-6H2,1-3H3,(H,13,14,15,16). The summed E-state index contributed by atoms with van der Waals surface area (Å²) in [7, 11) is 1.74. The normalized spacial score (nSPS) is 22.9. The summed E-state index contributed by atoms with van der Waals surface area (Å²) in [5.74, 6) is 1.01. The molecule has 1 fully saturated rings. The van der Waals surface area contributed by atoms with Crippen LogP contribution in [-0.4, -0.2) is 46.3 Å². The predicted molar refractivity (Wildman–Crippen MR) is 71.0 cm³/mol. The van der Waals surface area contributed by atoms with Gasteiger partial charge in [-0.2, -0.15) is 15.0 Å². The zero-order valence-corrected chi connectivity index (χ0v) is 11.6. The van der Waals surface area contributed by atoms with Gasteiger partial charge in [-0.3, -0.25) is 0 Å². The maximum atomic E-state index is 9.94. The van der Waals surface area contributed by atoms with Crippen LogP contribution < -0.4 is 10.2 Å². The fraction of sp³-hybridized carbons (Fsp3) is 0.727. The van der Waals surface area contributed by atoms with E-state index in [4.69, 9.17) is 11.6 Å². The number of nitrogens with zero attached hydrogens (tertiary/aromatic N) is 4. The van der Waals surface area contributed by atoms with Crippen LogP contribution in [0.25, 0.3) is 0 Å². The molecule has 0 saturated carbocycles. The summed E-state index contributed by atoms with van der Waals surface area (Å²) in [5.41, 5.74) is -0.183. The van der Waals surface area contributed by atoms with E-state index >= 15 is 0 Å². The molecule has 7 heteroatoms. The largest absolute Gasteiger partial charge is 0.392 e. The summed E-state index contributed by atoms with van der Waals surface area (Å²) in [5, 5.41) is 13.0. The first-order valence-corrected chi connectivity index (χ1v) is 6.32. The van der Waals surface area contributed by atoms with Gasteiger partial charge in [0, 0.05) is 25.6 Å². The quantitative estimate of drug-likeness (QED) is 0.841. The van der Waals surface area contributed by atoms with Crippen LogP contribution in [-0.2, 0) is 0 Å². The van der Waals surface area contributed by atoms with Crippen molar-refractivity contribution in [3.8, 4) is 0 Å². The van der Waals surface area contributed by atoms with Crippen molar-refractivity contribution in [2.75, 3.05) is 30.4 Å². The molecule has 1 aromatic rings. The molecule has 0 aliphatic carbocycles. The molecule has 0 amide bonds. The number of rotatable bonds is 2. The molecular weight excluding hydrogens is 254 g/mol. The third-order valence-electron chi connectivity index (χ3n) is 3.28. The molecule has 0 radical (unpaired) electrons. The molecule has 2 rings (SSSR count). The van der Waals surface area contributed by atoms with Gasteiger partial charge in [-0.1, -0.05) is 13.8 Å². The lowest BCUT2D eigenvalue weighted by molar-refractivity contribution is 0.0332. The number of aliphatic hydroxyl groups is 1. The zero-order chi connectivity index (χ0) is 13.3. The second kappa shape index (κ2) is 4.85. The lowest BCUT2D eigenvalue weighted by atomic mass is 9.81. The maximum Gasteiger partial charge on any atom is 0.231 e. The average molecular weight is 272 g/mol. The number of halogens is 1. The molecule has 100 valence electrons. The number of anilines is 2. The molecule has 1 aliphatic heterocycles. The van der Waals surface area contributed by atoms with Crippen LogP contribution in [0.3, 0.4) is 0 Å². The van der Waals surface area contributed by atoms with Crippen LogP contribution in [0, 0.1) is 5.41 Å². The third-order valence-corrected chi connectivity index (χ3v) is 3.44. The molecule has 0 aromatic carbocycles. The van der Waals surface area contributed by atoms with Gasteiger partial charge in [-0.25, -0.2) is 0 Å². The summed E-state index contributed by atoms with van der Waals surface area (Å²) in [6.07, 6.45) is 0.403. The molecule has 1 saturated heterocycles. The Morgan fingerprint density at radius 2 is 2.11 bits per heavy atom.